The van der Waals surface area contributed by atoms with Crippen LogP contribution >= 0.6 is 0 Å². The molecule has 1 aliphatic rings. The minimum Gasteiger partial charge on any atom is -0.397 e. The standard InChI is InChI=1S/C17H27N3O/c1-13-9-10-16(15(18)11-13)19-17(21)12-20(2)14-7-5-3-4-6-8-14/h9-11,14H,3-8,12,18H2,1-2H3,(H,19,21). The molecule has 1 saturated carbocycles. The van der Waals surface area contributed by atoms with Crippen molar-refractivity contribution in [2.24, 2.45) is 0 Å². The van der Waals surface area contributed by atoms with E-state index in [1.54, 1.807) is 0 Å². The number of nitrogen functional groups attached to an aromatic ring is 1. The van der Waals surface area contributed by atoms with Gasteiger partial charge in [-0.15, -0.1) is 0 Å². The first kappa shape index (κ1) is 15.8. The molecule has 2 rings (SSSR count). The summed E-state index contributed by atoms with van der Waals surface area (Å²) in [5.41, 5.74) is 8.37. The van der Waals surface area contributed by atoms with Crippen LogP contribution in [0.2, 0.25) is 0 Å². The number of carbonyl (C=O) groups excluding carboxylic acids is 1. The molecule has 0 bridgehead atoms. The van der Waals surface area contributed by atoms with Gasteiger partial charge < -0.3 is 11.1 Å². The Bertz CT molecular complexity index is 479. The molecule has 0 spiro atoms. The number of aryl methyl sites for hydroxylation is 1. The molecule has 0 radical (unpaired) electrons. The van der Waals surface area contributed by atoms with Gasteiger partial charge in [0.1, 0.15) is 0 Å². The van der Waals surface area contributed by atoms with E-state index in [0.717, 1.165) is 5.56 Å². The van der Waals surface area contributed by atoms with Gasteiger partial charge in [-0.2, -0.15) is 0 Å². The second kappa shape index (κ2) is 7.46. The van der Waals surface area contributed by atoms with Gasteiger partial charge in [0.2, 0.25) is 5.91 Å². The average Bonchev–Trinajstić information content (AvgIpc) is 2.71. The number of nitrogens with two attached hydrogens (primary N) is 1. The lowest BCUT2D eigenvalue weighted by Crippen LogP contribution is -2.37. The largest absolute Gasteiger partial charge is 0.397 e. The van der Waals surface area contributed by atoms with Gasteiger partial charge in [0.25, 0.3) is 0 Å². The zero-order valence-electron chi connectivity index (χ0n) is 13.2. The molecule has 0 aliphatic heterocycles. The third-order valence-corrected chi connectivity index (χ3v) is 4.32. The Morgan fingerprint density at radius 3 is 2.57 bits per heavy atom. The molecule has 0 heterocycles. The zero-order chi connectivity index (χ0) is 15.2. The van der Waals surface area contributed by atoms with Crippen LogP contribution in [0.1, 0.15) is 44.1 Å². The highest BCUT2D eigenvalue weighted by molar-refractivity contribution is 5.95. The quantitative estimate of drug-likeness (QED) is 0.661. The molecular formula is C17H27N3O. The number of anilines is 2. The summed E-state index contributed by atoms with van der Waals surface area (Å²) >= 11 is 0. The van der Waals surface area contributed by atoms with Crippen LogP contribution in [-0.2, 0) is 4.79 Å². The van der Waals surface area contributed by atoms with E-state index in [9.17, 15) is 4.79 Å². The first-order valence-corrected chi connectivity index (χ1v) is 7.92. The van der Waals surface area contributed by atoms with Crippen LogP contribution in [0.5, 0.6) is 0 Å². The van der Waals surface area contributed by atoms with Crippen molar-refractivity contribution in [2.45, 2.75) is 51.5 Å². The number of hydrogen-bond donors (Lipinski definition) is 2. The van der Waals surface area contributed by atoms with Crippen molar-refractivity contribution < 1.29 is 4.79 Å². The summed E-state index contributed by atoms with van der Waals surface area (Å²) in [5, 5.41) is 2.92. The number of hydrogen-bond acceptors (Lipinski definition) is 3. The number of nitrogens with one attached hydrogen (secondary N) is 1. The summed E-state index contributed by atoms with van der Waals surface area (Å²) in [6, 6.07) is 6.24. The topological polar surface area (TPSA) is 58.4 Å². The lowest BCUT2D eigenvalue weighted by Gasteiger charge is -2.26. The van der Waals surface area contributed by atoms with E-state index >= 15 is 0 Å². The molecule has 4 nitrogen and oxygen atoms in total. The number of amides is 1. The second-order valence-electron chi connectivity index (χ2n) is 6.20. The van der Waals surface area contributed by atoms with E-state index in [-0.39, 0.29) is 5.91 Å². The van der Waals surface area contributed by atoms with Crippen LogP contribution in [0.25, 0.3) is 0 Å². The summed E-state index contributed by atoms with van der Waals surface area (Å²) in [5.74, 6) is 0.0114. The highest BCUT2D eigenvalue weighted by atomic mass is 16.2. The Morgan fingerprint density at radius 1 is 1.29 bits per heavy atom. The number of carbonyl (C=O) groups is 1. The molecule has 1 fully saturated rings. The Hall–Kier alpha value is -1.55. The molecular weight excluding hydrogens is 262 g/mol. The molecule has 0 aromatic heterocycles. The van der Waals surface area contributed by atoms with E-state index < -0.39 is 0 Å². The van der Waals surface area contributed by atoms with Gasteiger partial charge in [0.05, 0.1) is 17.9 Å². The highest BCUT2D eigenvalue weighted by Gasteiger charge is 2.19. The summed E-state index contributed by atoms with van der Waals surface area (Å²) in [6.07, 6.45) is 7.63. The fraction of sp³-hybridized carbons (Fsp3) is 0.588. The fourth-order valence-corrected chi connectivity index (χ4v) is 3.04. The van der Waals surface area contributed by atoms with Crippen LogP contribution in [-0.4, -0.2) is 30.4 Å². The van der Waals surface area contributed by atoms with Crippen LogP contribution in [0.3, 0.4) is 0 Å². The van der Waals surface area contributed by atoms with Gasteiger partial charge in [0.15, 0.2) is 0 Å². The molecule has 116 valence electrons. The summed E-state index contributed by atoms with van der Waals surface area (Å²) in [7, 11) is 2.05. The van der Waals surface area contributed by atoms with Crippen molar-refractivity contribution in [1.82, 2.24) is 4.90 Å². The molecule has 0 unspecified atom stereocenters. The highest BCUT2D eigenvalue weighted by Crippen LogP contribution is 2.22. The van der Waals surface area contributed by atoms with Crippen molar-refractivity contribution >= 4 is 17.3 Å². The lowest BCUT2D eigenvalue weighted by molar-refractivity contribution is -0.117. The van der Waals surface area contributed by atoms with Gasteiger partial charge >= 0.3 is 0 Å². The molecule has 1 amide bonds. The zero-order valence-corrected chi connectivity index (χ0v) is 13.2. The molecule has 1 aromatic carbocycles. The van der Waals surface area contributed by atoms with Crippen molar-refractivity contribution in [1.29, 1.82) is 0 Å². The van der Waals surface area contributed by atoms with Crippen LogP contribution < -0.4 is 11.1 Å². The van der Waals surface area contributed by atoms with E-state index in [1.165, 1.54) is 38.5 Å². The van der Waals surface area contributed by atoms with Crippen molar-refractivity contribution in [3.8, 4) is 0 Å². The van der Waals surface area contributed by atoms with Gasteiger partial charge in [-0.05, 0) is 44.5 Å². The minimum atomic E-state index is 0.0114. The van der Waals surface area contributed by atoms with Gasteiger partial charge in [0, 0.05) is 6.04 Å². The molecule has 3 N–H and O–H groups in total. The van der Waals surface area contributed by atoms with Crippen molar-refractivity contribution in [3.63, 3.8) is 0 Å². The van der Waals surface area contributed by atoms with E-state index in [4.69, 9.17) is 5.73 Å². The Balaban J connectivity index is 1.88. The van der Waals surface area contributed by atoms with E-state index in [1.807, 2.05) is 32.2 Å². The third kappa shape index (κ3) is 4.74. The fourth-order valence-electron chi connectivity index (χ4n) is 3.04. The number of likely N-dealkylation sites (N-methyl/N-ethyl adjacent to an activating group) is 1. The SMILES string of the molecule is Cc1ccc(NC(=O)CN(C)C2CCCCCC2)c(N)c1. The molecule has 4 heteroatoms. The predicted molar refractivity (Wildman–Crippen MR) is 88.3 cm³/mol. The van der Waals surface area contributed by atoms with Gasteiger partial charge in [-0.25, -0.2) is 0 Å². The third-order valence-electron chi connectivity index (χ3n) is 4.32. The number of benzene rings is 1. The first-order valence-electron chi connectivity index (χ1n) is 7.92. The maximum absolute atomic E-state index is 12.2. The maximum atomic E-state index is 12.2. The van der Waals surface area contributed by atoms with Gasteiger partial charge in [-0.3, -0.25) is 9.69 Å². The predicted octanol–water partition coefficient (Wildman–Crippen LogP) is 3.17. The Morgan fingerprint density at radius 2 is 1.95 bits per heavy atom. The summed E-state index contributed by atoms with van der Waals surface area (Å²) < 4.78 is 0. The smallest absolute Gasteiger partial charge is 0.238 e. The van der Waals surface area contributed by atoms with Crippen molar-refractivity contribution in [2.75, 3.05) is 24.6 Å². The summed E-state index contributed by atoms with van der Waals surface area (Å²) in [6.45, 7) is 2.42. The Labute approximate surface area is 127 Å². The first-order chi connectivity index (χ1) is 10.1. The molecule has 1 aliphatic carbocycles. The summed E-state index contributed by atoms with van der Waals surface area (Å²) in [4.78, 5) is 14.4. The Kier molecular flexibility index (Phi) is 5.62. The average molecular weight is 289 g/mol. The lowest BCUT2D eigenvalue weighted by atomic mass is 10.1. The van der Waals surface area contributed by atoms with E-state index in [2.05, 4.69) is 10.2 Å². The molecule has 21 heavy (non-hydrogen) atoms. The van der Waals surface area contributed by atoms with Crippen molar-refractivity contribution in [3.05, 3.63) is 23.8 Å². The van der Waals surface area contributed by atoms with Crippen LogP contribution in [0, 0.1) is 6.92 Å². The van der Waals surface area contributed by atoms with Crippen LogP contribution in [0.4, 0.5) is 11.4 Å². The minimum absolute atomic E-state index is 0.0114. The number of nitrogens with zero attached hydrogens (tertiary/aromatic N) is 1. The normalized spacial score (nSPS) is 16.7. The second-order valence-corrected chi connectivity index (χ2v) is 6.20. The monoisotopic (exact) mass is 289 g/mol. The van der Waals surface area contributed by atoms with Gasteiger partial charge in [-0.1, -0.05) is 31.7 Å². The van der Waals surface area contributed by atoms with E-state index in [0.29, 0.717) is 24.0 Å². The molecule has 0 saturated heterocycles. The molecule has 1 aromatic rings. The number of rotatable bonds is 4. The molecule has 0 atom stereocenters. The van der Waals surface area contributed by atoms with Crippen LogP contribution in [0.15, 0.2) is 18.2 Å². The maximum Gasteiger partial charge on any atom is 0.238 e.